The minimum atomic E-state index is -0.0420. The van der Waals surface area contributed by atoms with Crippen molar-refractivity contribution < 1.29 is 9.47 Å². The standard InChI is InChI=1S/C16H34N2O2/c1-4-19-16(20-5-2)10-12-17-11-8-14-18-13-7-6-9-15(18)3/h15-17H,4-14H2,1-3H3. The van der Waals surface area contributed by atoms with Crippen LogP contribution in [0.1, 0.15) is 52.9 Å². The zero-order chi connectivity index (χ0) is 14.6. The smallest absolute Gasteiger partial charge is 0.158 e. The average molecular weight is 286 g/mol. The lowest BCUT2D eigenvalue weighted by molar-refractivity contribution is -0.138. The summed E-state index contributed by atoms with van der Waals surface area (Å²) in [7, 11) is 0. The van der Waals surface area contributed by atoms with E-state index in [4.69, 9.17) is 9.47 Å². The van der Waals surface area contributed by atoms with E-state index < -0.39 is 0 Å². The van der Waals surface area contributed by atoms with Crippen LogP contribution in [0.2, 0.25) is 0 Å². The molecule has 1 aliphatic heterocycles. The maximum atomic E-state index is 5.53. The van der Waals surface area contributed by atoms with Crippen molar-refractivity contribution in [3.05, 3.63) is 0 Å². The fourth-order valence-electron chi connectivity index (χ4n) is 2.83. The Morgan fingerprint density at radius 2 is 1.90 bits per heavy atom. The van der Waals surface area contributed by atoms with Gasteiger partial charge in [-0.2, -0.15) is 0 Å². The van der Waals surface area contributed by atoms with E-state index in [0.717, 1.165) is 38.8 Å². The molecular weight excluding hydrogens is 252 g/mol. The summed E-state index contributed by atoms with van der Waals surface area (Å²) in [5, 5.41) is 3.50. The monoisotopic (exact) mass is 286 g/mol. The van der Waals surface area contributed by atoms with Crippen molar-refractivity contribution in [1.29, 1.82) is 0 Å². The Hall–Kier alpha value is -0.160. The van der Waals surface area contributed by atoms with Crippen LogP contribution in [0.3, 0.4) is 0 Å². The zero-order valence-corrected chi connectivity index (χ0v) is 13.7. The van der Waals surface area contributed by atoms with Gasteiger partial charge in [0.2, 0.25) is 0 Å². The van der Waals surface area contributed by atoms with Crippen molar-refractivity contribution >= 4 is 0 Å². The van der Waals surface area contributed by atoms with E-state index in [-0.39, 0.29) is 6.29 Å². The first-order chi connectivity index (χ1) is 9.77. The number of hydrogen-bond donors (Lipinski definition) is 1. The van der Waals surface area contributed by atoms with Crippen molar-refractivity contribution in [2.75, 3.05) is 39.4 Å². The van der Waals surface area contributed by atoms with Gasteiger partial charge in [-0.05, 0) is 66.2 Å². The molecule has 0 saturated carbocycles. The minimum absolute atomic E-state index is 0.0420. The Bertz CT molecular complexity index is 221. The molecule has 1 atom stereocenters. The number of hydrogen-bond acceptors (Lipinski definition) is 4. The molecule has 1 rings (SSSR count). The Morgan fingerprint density at radius 3 is 2.55 bits per heavy atom. The van der Waals surface area contributed by atoms with Gasteiger partial charge in [-0.3, -0.25) is 0 Å². The highest BCUT2D eigenvalue weighted by molar-refractivity contribution is 4.72. The summed E-state index contributed by atoms with van der Waals surface area (Å²) in [6.07, 6.45) is 6.28. The summed E-state index contributed by atoms with van der Waals surface area (Å²) in [5.41, 5.74) is 0. The van der Waals surface area contributed by atoms with E-state index in [1.165, 1.54) is 38.8 Å². The maximum absolute atomic E-state index is 5.53. The van der Waals surface area contributed by atoms with Gasteiger partial charge in [0.05, 0.1) is 0 Å². The molecule has 0 aromatic carbocycles. The van der Waals surface area contributed by atoms with E-state index in [1.807, 2.05) is 13.8 Å². The van der Waals surface area contributed by atoms with Crippen molar-refractivity contribution in [3.8, 4) is 0 Å². The number of piperidine rings is 1. The first kappa shape index (κ1) is 17.9. The first-order valence-corrected chi connectivity index (χ1v) is 8.45. The first-order valence-electron chi connectivity index (χ1n) is 8.45. The molecule has 4 heteroatoms. The number of nitrogens with one attached hydrogen (secondary N) is 1. The third-order valence-corrected chi connectivity index (χ3v) is 4.00. The fourth-order valence-corrected chi connectivity index (χ4v) is 2.83. The third-order valence-electron chi connectivity index (χ3n) is 4.00. The summed E-state index contributed by atoms with van der Waals surface area (Å²) >= 11 is 0. The molecule has 1 heterocycles. The fraction of sp³-hybridized carbons (Fsp3) is 1.00. The summed E-state index contributed by atoms with van der Waals surface area (Å²) in [4.78, 5) is 2.63. The Balaban J connectivity index is 1.98. The van der Waals surface area contributed by atoms with Gasteiger partial charge in [-0.25, -0.2) is 0 Å². The molecule has 0 bridgehead atoms. The lowest BCUT2D eigenvalue weighted by Crippen LogP contribution is -2.39. The van der Waals surface area contributed by atoms with Crippen molar-refractivity contribution in [2.24, 2.45) is 0 Å². The maximum Gasteiger partial charge on any atom is 0.158 e. The molecular formula is C16H34N2O2. The second kappa shape index (κ2) is 11.5. The van der Waals surface area contributed by atoms with Crippen LogP contribution in [0.15, 0.2) is 0 Å². The number of likely N-dealkylation sites (tertiary alicyclic amines) is 1. The van der Waals surface area contributed by atoms with Gasteiger partial charge in [0, 0.05) is 25.7 Å². The number of nitrogens with zero attached hydrogens (tertiary/aromatic N) is 1. The lowest BCUT2D eigenvalue weighted by Gasteiger charge is -2.33. The van der Waals surface area contributed by atoms with Gasteiger partial charge < -0.3 is 19.7 Å². The van der Waals surface area contributed by atoms with Crippen molar-refractivity contribution in [1.82, 2.24) is 10.2 Å². The molecule has 4 nitrogen and oxygen atoms in total. The molecule has 0 radical (unpaired) electrons. The van der Waals surface area contributed by atoms with Crippen LogP contribution in [0, 0.1) is 0 Å². The van der Waals surface area contributed by atoms with Gasteiger partial charge in [0.1, 0.15) is 0 Å². The summed E-state index contributed by atoms with van der Waals surface area (Å²) in [6, 6.07) is 0.782. The molecule has 1 saturated heterocycles. The van der Waals surface area contributed by atoms with Gasteiger partial charge in [0.25, 0.3) is 0 Å². The van der Waals surface area contributed by atoms with E-state index >= 15 is 0 Å². The molecule has 0 aromatic rings. The van der Waals surface area contributed by atoms with Crippen LogP contribution < -0.4 is 5.32 Å². The second-order valence-corrected chi connectivity index (χ2v) is 5.61. The topological polar surface area (TPSA) is 33.7 Å². The van der Waals surface area contributed by atoms with E-state index in [2.05, 4.69) is 17.1 Å². The van der Waals surface area contributed by atoms with Crippen LogP contribution in [0.5, 0.6) is 0 Å². The van der Waals surface area contributed by atoms with Crippen LogP contribution in [0.4, 0.5) is 0 Å². The van der Waals surface area contributed by atoms with E-state index in [9.17, 15) is 0 Å². The minimum Gasteiger partial charge on any atom is -0.353 e. The average Bonchev–Trinajstić information content (AvgIpc) is 2.45. The van der Waals surface area contributed by atoms with Crippen LogP contribution in [-0.2, 0) is 9.47 Å². The molecule has 0 aliphatic carbocycles. The number of rotatable bonds is 11. The molecule has 0 aromatic heterocycles. The van der Waals surface area contributed by atoms with Gasteiger partial charge in [0.15, 0.2) is 6.29 Å². The third kappa shape index (κ3) is 7.58. The van der Waals surface area contributed by atoms with E-state index in [1.54, 1.807) is 0 Å². The summed E-state index contributed by atoms with van der Waals surface area (Å²) in [6.45, 7) is 12.4. The van der Waals surface area contributed by atoms with Crippen molar-refractivity contribution in [2.45, 2.75) is 65.2 Å². The molecule has 1 N–H and O–H groups in total. The number of ether oxygens (including phenoxy) is 2. The molecule has 1 aliphatic rings. The molecule has 1 unspecified atom stereocenters. The summed E-state index contributed by atoms with van der Waals surface area (Å²) in [5.74, 6) is 0. The molecule has 0 amide bonds. The zero-order valence-electron chi connectivity index (χ0n) is 13.7. The predicted molar refractivity (Wildman–Crippen MR) is 84.0 cm³/mol. The second-order valence-electron chi connectivity index (χ2n) is 5.61. The highest BCUT2D eigenvalue weighted by Gasteiger charge is 2.16. The summed E-state index contributed by atoms with van der Waals surface area (Å²) < 4.78 is 11.1. The van der Waals surface area contributed by atoms with Crippen LogP contribution in [0.25, 0.3) is 0 Å². The SMILES string of the molecule is CCOC(CCNCCCN1CCCCC1C)OCC. The normalized spacial score (nSPS) is 20.7. The molecule has 1 fully saturated rings. The predicted octanol–water partition coefficient (Wildman–Crippen LogP) is 2.63. The Kier molecular flexibility index (Phi) is 10.3. The Labute approximate surface area is 125 Å². The van der Waals surface area contributed by atoms with Crippen LogP contribution >= 0.6 is 0 Å². The van der Waals surface area contributed by atoms with Gasteiger partial charge >= 0.3 is 0 Å². The van der Waals surface area contributed by atoms with Gasteiger partial charge in [-0.15, -0.1) is 0 Å². The molecule has 20 heavy (non-hydrogen) atoms. The quantitative estimate of drug-likeness (QED) is 0.468. The molecule has 0 spiro atoms. The van der Waals surface area contributed by atoms with Gasteiger partial charge in [-0.1, -0.05) is 6.42 Å². The lowest BCUT2D eigenvalue weighted by atomic mass is 10.0. The highest BCUT2D eigenvalue weighted by Crippen LogP contribution is 2.15. The molecule has 120 valence electrons. The van der Waals surface area contributed by atoms with Crippen LogP contribution in [-0.4, -0.2) is 56.6 Å². The van der Waals surface area contributed by atoms with Crippen molar-refractivity contribution in [3.63, 3.8) is 0 Å². The largest absolute Gasteiger partial charge is 0.353 e. The Morgan fingerprint density at radius 1 is 1.15 bits per heavy atom. The highest BCUT2D eigenvalue weighted by atomic mass is 16.7. The van der Waals surface area contributed by atoms with E-state index in [0.29, 0.717) is 0 Å².